The number of nitrogens with two attached hydrogens (primary N) is 1. The summed E-state index contributed by atoms with van der Waals surface area (Å²) in [6, 6.07) is 37.2. The number of aryl methyl sites for hydroxylation is 2. The van der Waals surface area contributed by atoms with E-state index in [0.717, 1.165) is 39.2 Å². The van der Waals surface area contributed by atoms with Crippen molar-refractivity contribution in [2.24, 2.45) is 10.3 Å². The summed E-state index contributed by atoms with van der Waals surface area (Å²) in [6.07, 6.45) is 0. The lowest BCUT2D eigenvalue weighted by Crippen LogP contribution is -2.67. The molecule has 0 aliphatic carbocycles. The number of anilines is 2. The number of carbonyl (C=O) groups is 6. The maximum absolute atomic E-state index is 13.4. The minimum Gasteiger partial charge on any atom is -0.398 e. The Morgan fingerprint density at radius 2 is 0.951 bits per heavy atom. The van der Waals surface area contributed by atoms with Crippen molar-refractivity contribution >= 4 is 100 Å². The number of nitrogens with one attached hydrogen (secondary N) is 5. The molecule has 8 amide bonds. The van der Waals surface area contributed by atoms with Gasteiger partial charge in [-0.1, -0.05) is 137 Å². The van der Waals surface area contributed by atoms with E-state index in [0.29, 0.717) is 14.9 Å². The number of hydrogen-bond acceptors (Lipinski definition) is 20. The molecule has 0 spiro atoms. The summed E-state index contributed by atoms with van der Waals surface area (Å²) in [4.78, 5) is 95.2. The smallest absolute Gasteiger partial charge is 0.338 e. The van der Waals surface area contributed by atoms with Crippen LogP contribution < -0.4 is 31.1 Å². The van der Waals surface area contributed by atoms with Crippen LogP contribution >= 0.6 is 22.7 Å². The minimum atomic E-state index is -4.21. The van der Waals surface area contributed by atoms with Crippen LogP contribution in [-0.4, -0.2) is 123 Å². The molecule has 2 atom stereocenters. The zero-order valence-corrected chi connectivity index (χ0v) is 46.6. The van der Waals surface area contributed by atoms with Crippen LogP contribution in [0, 0.1) is 13.8 Å². The lowest BCUT2D eigenvalue weighted by atomic mass is 9.77. The van der Waals surface area contributed by atoms with Crippen LogP contribution in [0.5, 0.6) is 0 Å². The number of amides is 8. The molecule has 9 rings (SSSR count). The Labute approximate surface area is 472 Å². The van der Waals surface area contributed by atoms with Crippen LogP contribution in [-0.2, 0) is 54.4 Å². The van der Waals surface area contributed by atoms with E-state index in [9.17, 15) is 45.6 Å². The number of oxime groups is 2. The number of sulfonamides is 2. The van der Waals surface area contributed by atoms with Gasteiger partial charge in [-0.25, -0.2) is 45.8 Å². The fourth-order valence-electron chi connectivity index (χ4n) is 8.15. The monoisotopic (exact) mass is 1170 g/mol. The molecule has 7 aromatic rings. The minimum absolute atomic E-state index is 0.118. The molecular weight excluding hydrogens is 1120 g/mol. The van der Waals surface area contributed by atoms with Gasteiger partial charge in [0.15, 0.2) is 21.7 Å². The summed E-state index contributed by atoms with van der Waals surface area (Å²) in [5.41, 5.74) is 9.20. The summed E-state index contributed by atoms with van der Waals surface area (Å²) in [7, 11) is -5.85. The van der Waals surface area contributed by atoms with Crippen molar-refractivity contribution in [2.75, 3.05) is 38.4 Å². The number of nitrogen functional groups attached to an aromatic ring is 1. The van der Waals surface area contributed by atoms with Gasteiger partial charge in [-0.3, -0.25) is 29.0 Å². The number of benzene rings is 5. The Hall–Kier alpha value is -9.38. The van der Waals surface area contributed by atoms with Crippen LogP contribution in [0.3, 0.4) is 0 Å². The fraction of sp³-hybridized carbons (Fsp3) is 0.170. The molecule has 0 bridgehead atoms. The topological polar surface area (TPSA) is 332 Å². The number of aromatic nitrogens is 2. The number of rotatable bonds is 17. The lowest BCUT2D eigenvalue weighted by molar-refractivity contribution is -0.141. The quantitative estimate of drug-likeness (QED) is 0.0318. The van der Waals surface area contributed by atoms with Gasteiger partial charge in [-0.05, 0) is 54.8 Å². The predicted molar refractivity (Wildman–Crippen MR) is 300 cm³/mol. The van der Waals surface area contributed by atoms with E-state index in [1.165, 1.54) is 55.2 Å². The zero-order chi connectivity index (χ0) is 58.1. The van der Waals surface area contributed by atoms with E-state index in [-0.39, 0.29) is 50.8 Å². The van der Waals surface area contributed by atoms with E-state index in [4.69, 9.17) is 15.6 Å². The molecule has 418 valence electrons. The number of thiazole rings is 2. The second-order valence-electron chi connectivity index (χ2n) is 17.7. The third-order valence-corrected chi connectivity index (χ3v) is 16.4. The molecule has 0 radical (unpaired) electrons. The third kappa shape index (κ3) is 13.1. The van der Waals surface area contributed by atoms with Crippen LogP contribution in [0.1, 0.15) is 39.2 Å². The van der Waals surface area contributed by atoms with Gasteiger partial charge >= 0.3 is 12.1 Å². The molecule has 1 unspecified atom stereocenters. The van der Waals surface area contributed by atoms with Crippen molar-refractivity contribution in [1.29, 1.82) is 0 Å². The van der Waals surface area contributed by atoms with E-state index >= 15 is 0 Å². The molecule has 4 heterocycles. The van der Waals surface area contributed by atoms with Crippen molar-refractivity contribution in [1.82, 2.24) is 39.8 Å². The summed E-state index contributed by atoms with van der Waals surface area (Å²) in [5, 5.41) is 19.9. The zero-order valence-electron chi connectivity index (χ0n) is 43.3. The Morgan fingerprint density at radius 1 is 0.580 bits per heavy atom. The van der Waals surface area contributed by atoms with Gasteiger partial charge in [0.25, 0.3) is 43.7 Å². The van der Waals surface area contributed by atoms with Gasteiger partial charge < -0.3 is 31.4 Å². The SMILES string of the molecule is CON=C(C(=O)NC1CN(C(=O)NS(=O)(=O)c2ccc(C)cc2)C1=O)c1csc(NC(c2ccccc2)(c2ccccc2)c2ccccc2)n1.CON=C(C(=O)N[C@H]1CN(C(=O)NS(=O)(=O)c2ccc(C)cc2)C1=O)c1csc(N)n1. The second-order valence-corrected chi connectivity index (χ2v) is 22.8. The molecule has 81 heavy (non-hydrogen) atoms. The second kappa shape index (κ2) is 24.7. The average molecular weight is 1180 g/mol. The highest BCUT2D eigenvalue weighted by Crippen LogP contribution is 2.40. The summed E-state index contributed by atoms with van der Waals surface area (Å²) in [6.45, 7) is 3.11. The first kappa shape index (κ1) is 57.8. The molecule has 2 fully saturated rings. The largest absolute Gasteiger partial charge is 0.398 e. The van der Waals surface area contributed by atoms with Crippen LogP contribution in [0.4, 0.5) is 19.9 Å². The molecule has 5 aromatic carbocycles. The van der Waals surface area contributed by atoms with Crippen molar-refractivity contribution in [3.05, 3.63) is 189 Å². The number of imide groups is 2. The Kier molecular flexibility index (Phi) is 17.7. The Bertz CT molecular complexity index is 3680. The number of β-lactam (4-membered cyclic amide) rings is 2. The van der Waals surface area contributed by atoms with Crippen molar-refractivity contribution in [3.63, 3.8) is 0 Å². The highest BCUT2D eigenvalue weighted by atomic mass is 32.2. The summed E-state index contributed by atoms with van der Waals surface area (Å²) >= 11 is 2.34. The Morgan fingerprint density at radius 3 is 1.30 bits per heavy atom. The third-order valence-electron chi connectivity index (χ3n) is 12.3. The molecule has 2 aliphatic rings. The van der Waals surface area contributed by atoms with Gasteiger partial charge in [0.05, 0.1) is 22.9 Å². The van der Waals surface area contributed by atoms with Gasteiger partial charge in [0, 0.05) is 10.8 Å². The van der Waals surface area contributed by atoms with Crippen LogP contribution in [0.2, 0.25) is 0 Å². The summed E-state index contributed by atoms with van der Waals surface area (Å²) in [5.74, 6) is -3.10. The van der Waals surface area contributed by atoms with Crippen LogP contribution in [0.25, 0.3) is 0 Å². The van der Waals surface area contributed by atoms with Crippen LogP contribution in [0.15, 0.2) is 170 Å². The fourth-order valence-corrected chi connectivity index (χ4v) is 11.4. The molecule has 0 saturated carbocycles. The highest BCUT2D eigenvalue weighted by Gasteiger charge is 2.45. The number of hydrogen-bond donors (Lipinski definition) is 6. The van der Waals surface area contributed by atoms with E-state index < -0.39 is 73.4 Å². The maximum Gasteiger partial charge on any atom is 0.338 e. The van der Waals surface area contributed by atoms with E-state index in [1.54, 1.807) is 43.5 Å². The van der Waals surface area contributed by atoms with Gasteiger partial charge in [-0.2, -0.15) is 0 Å². The van der Waals surface area contributed by atoms with Gasteiger partial charge in [0.1, 0.15) is 43.2 Å². The van der Waals surface area contributed by atoms with Crippen molar-refractivity contribution in [2.45, 2.75) is 41.3 Å². The number of urea groups is 2. The number of likely N-dealkylation sites (tertiary alicyclic amines) is 2. The normalized spacial score (nSPS) is 15.4. The highest BCUT2D eigenvalue weighted by molar-refractivity contribution is 7.90. The van der Waals surface area contributed by atoms with Gasteiger partial charge in [0.2, 0.25) is 0 Å². The molecule has 2 aromatic heterocycles. The Balaban J connectivity index is 0.000000238. The summed E-state index contributed by atoms with van der Waals surface area (Å²) < 4.78 is 53.6. The molecule has 28 heteroatoms. The first-order valence-electron chi connectivity index (χ1n) is 24.1. The molecule has 2 aliphatic heterocycles. The standard InChI is InChI=1S/C36H32N6O6S2.C17H18N6O6S2/c1-24-18-20-28(21-19-24)50(46,47)41-35(45)42-22-29(33(42)44)37-32(43)31(40-48-2)30-23-49-34(38-30)39-36(25-12-6-3-7-13-25,26-14-8-4-9-15-26)27-16-10-5-11-17-27;1-9-3-5-10(6-4-9)31(27,28)22-17(26)23-7-11(15(23)25)19-14(24)13(21-29-2)12-8-30-16(18)20-12/h3-21,23,29H,22H2,1-2H3,(H,37,43)(H,38,39)(H,41,45);3-6,8,11H,7H2,1-2H3,(H2,18,20)(H,19,24)(H,22,26)/t;11-/m.0/s1. The van der Waals surface area contributed by atoms with E-state index in [2.05, 4.69) is 36.1 Å². The van der Waals surface area contributed by atoms with Crippen molar-refractivity contribution in [3.8, 4) is 0 Å². The van der Waals surface area contributed by atoms with E-state index in [1.807, 2.05) is 100 Å². The van der Waals surface area contributed by atoms with Crippen molar-refractivity contribution < 1.29 is 55.3 Å². The maximum atomic E-state index is 13.4. The molecule has 24 nitrogen and oxygen atoms in total. The first-order valence-corrected chi connectivity index (χ1v) is 28.8. The molecular formula is C53H50N12O12S4. The average Bonchev–Trinajstić information content (AvgIpc) is 4.22. The first-order chi connectivity index (χ1) is 38.7. The molecule has 2 saturated heterocycles. The van der Waals surface area contributed by atoms with Gasteiger partial charge in [-0.15, -0.1) is 22.7 Å². The predicted octanol–water partition coefficient (Wildman–Crippen LogP) is 4.44. The number of nitrogens with zero attached hydrogens (tertiary/aromatic N) is 6. The lowest BCUT2D eigenvalue weighted by Gasteiger charge is -2.36. The number of carbonyl (C=O) groups excluding carboxylic acids is 6. The molecule has 7 N–H and O–H groups in total.